The molecule has 22 heavy (non-hydrogen) atoms. The lowest BCUT2D eigenvalue weighted by atomic mass is 10.1. The van der Waals surface area contributed by atoms with Gasteiger partial charge in [-0.1, -0.05) is 12.1 Å². The van der Waals surface area contributed by atoms with Crippen LogP contribution in [0.2, 0.25) is 0 Å². The summed E-state index contributed by atoms with van der Waals surface area (Å²) in [5, 5.41) is 6.58. The quantitative estimate of drug-likeness (QED) is 0.899. The SMILES string of the molecule is Cl.O=C(Nc1ncc(Cc2cccc(F)c2)s1)[C@H]1CCCN1. The third-order valence-electron chi connectivity index (χ3n) is 3.43. The second-order valence-corrected chi connectivity index (χ2v) is 6.19. The van der Waals surface area contributed by atoms with E-state index < -0.39 is 0 Å². The average molecular weight is 342 g/mol. The summed E-state index contributed by atoms with van der Waals surface area (Å²) in [7, 11) is 0. The number of rotatable bonds is 4. The summed E-state index contributed by atoms with van der Waals surface area (Å²) >= 11 is 1.43. The van der Waals surface area contributed by atoms with Crippen LogP contribution in [0.4, 0.5) is 9.52 Å². The molecule has 1 atom stereocenters. The zero-order valence-corrected chi connectivity index (χ0v) is 13.5. The van der Waals surface area contributed by atoms with E-state index in [0.717, 1.165) is 29.8 Å². The highest BCUT2D eigenvalue weighted by Gasteiger charge is 2.22. The van der Waals surface area contributed by atoms with Gasteiger partial charge in [-0.15, -0.1) is 23.7 Å². The normalized spacial score (nSPS) is 17.0. The first kappa shape index (κ1) is 16.9. The van der Waals surface area contributed by atoms with Gasteiger partial charge in [0.1, 0.15) is 5.82 Å². The molecule has 0 spiro atoms. The lowest BCUT2D eigenvalue weighted by Gasteiger charge is -2.08. The van der Waals surface area contributed by atoms with Gasteiger partial charge in [-0.05, 0) is 37.1 Å². The minimum Gasteiger partial charge on any atom is -0.306 e. The molecule has 7 heteroatoms. The van der Waals surface area contributed by atoms with Gasteiger partial charge in [0.25, 0.3) is 0 Å². The van der Waals surface area contributed by atoms with Gasteiger partial charge in [-0.2, -0.15) is 0 Å². The molecule has 0 unspecified atom stereocenters. The van der Waals surface area contributed by atoms with E-state index in [0.29, 0.717) is 11.6 Å². The monoisotopic (exact) mass is 341 g/mol. The van der Waals surface area contributed by atoms with E-state index >= 15 is 0 Å². The Balaban J connectivity index is 0.00000176. The third kappa shape index (κ3) is 4.25. The second kappa shape index (κ2) is 7.67. The standard InChI is InChI=1S/C15H16FN3OS.ClH/c16-11-4-1-3-10(7-11)8-12-9-18-15(21-12)19-14(20)13-5-2-6-17-13;/h1,3-4,7,9,13,17H,2,5-6,8H2,(H,18,19,20);1H/t13-;/m1./s1. The molecule has 2 N–H and O–H groups in total. The van der Waals surface area contributed by atoms with Crippen molar-refractivity contribution >= 4 is 34.8 Å². The number of halogens is 2. The molecule has 4 nitrogen and oxygen atoms in total. The number of carbonyl (C=O) groups excluding carboxylic acids is 1. The molecule has 0 radical (unpaired) electrons. The summed E-state index contributed by atoms with van der Waals surface area (Å²) in [6.45, 7) is 0.890. The summed E-state index contributed by atoms with van der Waals surface area (Å²) < 4.78 is 13.1. The van der Waals surface area contributed by atoms with E-state index in [1.165, 1.54) is 23.5 Å². The van der Waals surface area contributed by atoms with Crippen molar-refractivity contribution in [2.45, 2.75) is 25.3 Å². The Morgan fingerprint density at radius 1 is 1.50 bits per heavy atom. The number of aromatic nitrogens is 1. The molecule has 1 aromatic heterocycles. The first-order chi connectivity index (χ1) is 10.2. The van der Waals surface area contributed by atoms with E-state index in [2.05, 4.69) is 15.6 Å². The van der Waals surface area contributed by atoms with Crippen LogP contribution < -0.4 is 10.6 Å². The molecular weight excluding hydrogens is 325 g/mol. The van der Waals surface area contributed by atoms with Gasteiger partial charge in [0.15, 0.2) is 5.13 Å². The molecule has 3 rings (SSSR count). The number of hydrogen-bond donors (Lipinski definition) is 2. The van der Waals surface area contributed by atoms with Crippen molar-refractivity contribution in [1.82, 2.24) is 10.3 Å². The number of carbonyl (C=O) groups is 1. The largest absolute Gasteiger partial charge is 0.306 e. The predicted molar refractivity (Wildman–Crippen MR) is 88.2 cm³/mol. The number of hydrogen-bond acceptors (Lipinski definition) is 4. The first-order valence-corrected chi connectivity index (χ1v) is 7.76. The molecule has 0 aliphatic carbocycles. The van der Waals surface area contributed by atoms with Crippen LogP contribution in [0.3, 0.4) is 0 Å². The smallest absolute Gasteiger partial charge is 0.243 e. The van der Waals surface area contributed by atoms with E-state index in [1.54, 1.807) is 12.3 Å². The summed E-state index contributed by atoms with van der Waals surface area (Å²) in [6.07, 6.45) is 4.24. The number of thiazole rings is 1. The van der Waals surface area contributed by atoms with Gasteiger partial charge in [0.2, 0.25) is 5.91 Å². The van der Waals surface area contributed by atoms with Gasteiger partial charge in [0.05, 0.1) is 6.04 Å². The van der Waals surface area contributed by atoms with E-state index in [4.69, 9.17) is 0 Å². The van der Waals surface area contributed by atoms with Crippen molar-refractivity contribution in [3.8, 4) is 0 Å². The van der Waals surface area contributed by atoms with Crippen LogP contribution in [0.1, 0.15) is 23.3 Å². The summed E-state index contributed by atoms with van der Waals surface area (Å²) in [5.74, 6) is -0.267. The van der Waals surface area contributed by atoms with Crippen LogP contribution in [0.5, 0.6) is 0 Å². The molecule has 1 saturated heterocycles. The lowest BCUT2D eigenvalue weighted by molar-refractivity contribution is -0.117. The molecule has 1 aliphatic rings. The Morgan fingerprint density at radius 3 is 3.09 bits per heavy atom. The van der Waals surface area contributed by atoms with Crippen molar-refractivity contribution in [3.05, 3.63) is 46.7 Å². The molecule has 118 valence electrons. The van der Waals surface area contributed by atoms with E-state index in [-0.39, 0.29) is 30.2 Å². The maximum atomic E-state index is 13.1. The van der Waals surface area contributed by atoms with Gasteiger partial charge in [-0.3, -0.25) is 4.79 Å². The topological polar surface area (TPSA) is 54.0 Å². The Hall–Kier alpha value is -1.50. The molecular formula is C15H17ClFN3OS. The molecule has 0 bridgehead atoms. The molecule has 1 amide bonds. The van der Waals surface area contributed by atoms with Gasteiger partial charge >= 0.3 is 0 Å². The molecule has 2 aromatic rings. The average Bonchev–Trinajstić information content (AvgIpc) is 3.10. The number of anilines is 1. The molecule has 0 saturated carbocycles. The Kier molecular flexibility index (Phi) is 5.88. The number of nitrogens with zero attached hydrogens (tertiary/aromatic N) is 1. The fourth-order valence-corrected chi connectivity index (χ4v) is 3.25. The molecule has 1 aliphatic heterocycles. The van der Waals surface area contributed by atoms with Crippen LogP contribution in [-0.4, -0.2) is 23.5 Å². The van der Waals surface area contributed by atoms with Gasteiger partial charge < -0.3 is 10.6 Å². The third-order valence-corrected chi connectivity index (χ3v) is 4.34. The van der Waals surface area contributed by atoms with Crippen molar-refractivity contribution < 1.29 is 9.18 Å². The number of nitrogens with one attached hydrogen (secondary N) is 2. The lowest BCUT2D eigenvalue weighted by Crippen LogP contribution is -2.35. The zero-order valence-electron chi connectivity index (χ0n) is 11.8. The Labute approximate surface area is 138 Å². The fourth-order valence-electron chi connectivity index (χ4n) is 2.40. The number of benzene rings is 1. The van der Waals surface area contributed by atoms with Crippen LogP contribution >= 0.6 is 23.7 Å². The van der Waals surface area contributed by atoms with Crippen LogP contribution in [0, 0.1) is 5.82 Å². The van der Waals surface area contributed by atoms with Crippen molar-refractivity contribution in [1.29, 1.82) is 0 Å². The predicted octanol–water partition coefficient (Wildman–Crippen LogP) is 2.99. The maximum absolute atomic E-state index is 13.1. The van der Waals surface area contributed by atoms with Crippen LogP contribution in [-0.2, 0) is 11.2 Å². The van der Waals surface area contributed by atoms with Crippen LogP contribution in [0.15, 0.2) is 30.5 Å². The highest BCUT2D eigenvalue weighted by Crippen LogP contribution is 2.22. The van der Waals surface area contributed by atoms with Crippen molar-refractivity contribution in [2.75, 3.05) is 11.9 Å². The fraction of sp³-hybridized carbons (Fsp3) is 0.333. The minimum atomic E-state index is -0.238. The van der Waals surface area contributed by atoms with Gasteiger partial charge in [-0.25, -0.2) is 9.37 Å². The summed E-state index contributed by atoms with van der Waals surface area (Å²) in [4.78, 5) is 17.2. The van der Waals surface area contributed by atoms with E-state index in [9.17, 15) is 9.18 Å². The zero-order chi connectivity index (χ0) is 14.7. The van der Waals surface area contributed by atoms with E-state index in [1.807, 2.05) is 6.07 Å². The second-order valence-electron chi connectivity index (χ2n) is 5.08. The highest BCUT2D eigenvalue weighted by molar-refractivity contribution is 7.15. The Bertz CT molecular complexity index is 643. The van der Waals surface area contributed by atoms with Crippen LogP contribution in [0.25, 0.3) is 0 Å². The van der Waals surface area contributed by atoms with Crippen molar-refractivity contribution in [3.63, 3.8) is 0 Å². The Morgan fingerprint density at radius 2 is 2.36 bits per heavy atom. The van der Waals surface area contributed by atoms with Crippen molar-refractivity contribution in [2.24, 2.45) is 0 Å². The first-order valence-electron chi connectivity index (χ1n) is 6.94. The number of amides is 1. The molecule has 2 heterocycles. The summed E-state index contributed by atoms with van der Waals surface area (Å²) in [5.41, 5.74) is 0.897. The maximum Gasteiger partial charge on any atom is 0.243 e. The van der Waals surface area contributed by atoms with Gasteiger partial charge in [0, 0.05) is 17.5 Å². The molecule has 1 fully saturated rings. The highest BCUT2D eigenvalue weighted by atomic mass is 35.5. The minimum absolute atomic E-state index is 0. The molecule has 1 aromatic carbocycles. The summed E-state index contributed by atoms with van der Waals surface area (Å²) in [6, 6.07) is 6.40.